The zero-order chi connectivity index (χ0) is 7.28. The second kappa shape index (κ2) is 4.57. The van der Waals surface area contributed by atoms with Crippen LogP contribution >= 0.6 is 11.6 Å². The lowest BCUT2D eigenvalue weighted by molar-refractivity contribution is -0.120. The molecule has 0 N–H and O–H groups in total. The first-order valence-electron chi connectivity index (χ1n) is 2.92. The van der Waals surface area contributed by atoms with E-state index in [1.165, 1.54) is 0 Å². The van der Waals surface area contributed by atoms with Crippen LogP contribution in [-0.2, 0) is 4.79 Å². The quantitative estimate of drug-likeness (QED) is 0.438. The van der Waals surface area contributed by atoms with Crippen LogP contribution < -0.4 is 0 Å². The third kappa shape index (κ3) is 3.31. The molecule has 0 saturated carbocycles. The number of alkyl halides is 1. The number of hydrogen-bond acceptors (Lipinski definition) is 1. The van der Waals surface area contributed by atoms with Gasteiger partial charge in [-0.05, 0) is 0 Å². The Morgan fingerprint density at radius 1 is 1.89 bits per heavy atom. The average molecular weight is 147 g/mol. The van der Waals surface area contributed by atoms with E-state index in [-0.39, 0.29) is 11.7 Å². The first-order valence-corrected chi connectivity index (χ1v) is 3.45. The first-order chi connectivity index (χ1) is 4.22. The van der Waals surface area contributed by atoms with Crippen molar-refractivity contribution in [1.82, 2.24) is 0 Å². The summed E-state index contributed by atoms with van der Waals surface area (Å²) in [6.45, 7) is 5.27. The van der Waals surface area contributed by atoms with E-state index in [1.54, 1.807) is 6.08 Å². The molecule has 0 aromatic carbocycles. The van der Waals surface area contributed by atoms with Gasteiger partial charge in [0.15, 0.2) is 0 Å². The van der Waals surface area contributed by atoms with E-state index < -0.39 is 0 Å². The molecular weight excluding hydrogens is 136 g/mol. The van der Waals surface area contributed by atoms with Crippen LogP contribution in [0.25, 0.3) is 0 Å². The molecule has 0 aliphatic heterocycles. The van der Waals surface area contributed by atoms with Crippen molar-refractivity contribution in [1.29, 1.82) is 0 Å². The standard InChI is InChI=1S/C7H11ClO/c1-3-4-7(9)6(2)5-8/h3,6H,1,4-5H2,2H3. The van der Waals surface area contributed by atoms with Gasteiger partial charge in [-0.25, -0.2) is 0 Å². The third-order valence-corrected chi connectivity index (χ3v) is 1.59. The average Bonchev–Trinajstić information content (AvgIpc) is 1.87. The van der Waals surface area contributed by atoms with Gasteiger partial charge in [-0.2, -0.15) is 0 Å². The number of ketones is 1. The fraction of sp³-hybridized carbons (Fsp3) is 0.571. The summed E-state index contributed by atoms with van der Waals surface area (Å²) in [7, 11) is 0. The van der Waals surface area contributed by atoms with Gasteiger partial charge >= 0.3 is 0 Å². The number of rotatable bonds is 4. The lowest BCUT2D eigenvalue weighted by Gasteiger charge is -2.01. The number of Topliss-reactive ketones (excluding diaryl/α,β-unsaturated/α-hetero) is 1. The highest BCUT2D eigenvalue weighted by atomic mass is 35.5. The van der Waals surface area contributed by atoms with Gasteiger partial charge in [0.1, 0.15) is 5.78 Å². The molecular formula is C7H11ClO. The summed E-state index contributed by atoms with van der Waals surface area (Å²) in [4.78, 5) is 10.8. The van der Waals surface area contributed by atoms with Gasteiger partial charge in [0.25, 0.3) is 0 Å². The molecule has 0 aromatic heterocycles. The molecule has 0 amide bonds. The molecule has 9 heavy (non-hydrogen) atoms. The van der Waals surface area contributed by atoms with Crippen molar-refractivity contribution in [2.75, 3.05) is 5.88 Å². The second-order valence-corrected chi connectivity index (χ2v) is 2.32. The van der Waals surface area contributed by atoms with Gasteiger partial charge < -0.3 is 0 Å². The van der Waals surface area contributed by atoms with Crippen LogP contribution in [0.2, 0.25) is 0 Å². The molecule has 0 aliphatic rings. The Kier molecular flexibility index (Phi) is 4.41. The van der Waals surface area contributed by atoms with E-state index in [0.717, 1.165) is 0 Å². The molecule has 52 valence electrons. The van der Waals surface area contributed by atoms with Gasteiger partial charge in [-0.1, -0.05) is 13.0 Å². The third-order valence-electron chi connectivity index (χ3n) is 1.13. The Morgan fingerprint density at radius 3 is 2.78 bits per heavy atom. The Hall–Kier alpha value is -0.300. The summed E-state index contributed by atoms with van der Waals surface area (Å²) in [5.41, 5.74) is 0. The molecule has 0 rings (SSSR count). The van der Waals surface area contributed by atoms with Crippen LogP contribution in [0.15, 0.2) is 12.7 Å². The number of allylic oxidation sites excluding steroid dienone is 1. The van der Waals surface area contributed by atoms with Gasteiger partial charge in [0.05, 0.1) is 0 Å². The first kappa shape index (κ1) is 8.70. The monoisotopic (exact) mass is 146 g/mol. The highest BCUT2D eigenvalue weighted by Crippen LogP contribution is 2.02. The topological polar surface area (TPSA) is 17.1 Å². The molecule has 0 bridgehead atoms. The maximum Gasteiger partial charge on any atom is 0.140 e. The number of hydrogen-bond donors (Lipinski definition) is 0. The summed E-state index contributed by atoms with van der Waals surface area (Å²) < 4.78 is 0. The zero-order valence-electron chi connectivity index (χ0n) is 5.56. The summed E-state index contributed by atoms with van der Waals surface area (Å²) in [5.74, 6) is 0.553. The van der Waals surface area contributed by atoms with Crippen LogP contribution in [0, 0.1) is 5.92 Å². The van der Waals surface area contributed by atoms with Crippen LogP contribution in [0.3, 0.4) is 0 Å². The molecule has 0 spiro atoms. The van der Waals surface area contributed by atoms with Crippen LogP contribution in [0.4, 0.5) is 0 Å². The van der Waals surface area contributed by atoms with E-state index in [9.17, 15) is 4.79 Å². The zero-order valence-corrected chi connectivity index (χ0v) is 6.32. The maximum absolute atomic E-state index is 10.8. The minimum absolute atomic E-state index is 0.0235. The second-order valence-electron chi connectivity index (χ2n) is 2.01. The Labute approximate surface area is 60.7 Å². The van der Waals surface area contributed by atoms with Crippen LogP contribution in [0.1, 0.15) is 13.3 Å². The fourth-order valence-corrected chi connectivity index (χ4v) is 0.602. The van der Waals surface area contributed by atoms with Crippen molar-refractivity contribution < 1.29 is 4.79 Å². The maximum atomic E-state index is 10.8. The Balaban J connectivity index is 3.58. The van der Waals surface area contributed by atoms with E-state index in [1.807, 2.05) is 6.92 Å². The minimum Gasteiger partial charge on any atom is -0.299 e. The summed E-state index contributed by atoms with van der Waals surface area (Å²) in [6.07, 6.45) is 2.04. The smallest absolute Gasteiger partial charge is 0.140 e. The van der Waals surface area contributed by atoms with Crippen molar-refractivity contribution in [3.63, 3.8) is 0 Å². The molecule has 0 aliphatic carbocycles. The van der Waals surface area contributed by atoms with Crippen LogP contribution in [0.5, 0.6) is 0 Å². The SMILES string of the molecule is C=CCC(=O)C(C)CCl. The van der Waals surface area contributed by atoms with Crippen molar-refractivity contribution in [3.05, 3.63) is 12.7 Å². The van der Waals surface area contributed by atoms with Crippen LogP contribution in [-0.4, -0.2) is 11.7 Å². The van der Waals surface area contributed by atoms with Crippen molar-refractivity contribution >= 4 is 17.4 Å². The molecule has 0 aromatic rings. The number of carbonyl (C=O) groups is 1. The molecule has 2 heteroatoms. The van der Waals surface area contributed by atoms with E-state index in [2.05, 4.69) is 6.58 Å². The lowest BCUT2D eigenvalue weighted by Crippen LogP contribution is -2.10. The summed E-state index contributed by atoms with van der Waals surface area (Å²) in [5, 5.41) is 0. The molecule has 0 saturated heterocycles. The number of carbonyl (C=O) groups excluding carboxylic acids is 1. The molecule has 1 atom stereocenters. The van der Waals surface area contributed by atoms with Gasteiger partial charge in [0, 0.05) is 18.2 Å². The molecule has 1 nitrogen and oxygen atoms in total. The minimum atomic E-state index is -0.0235. The molecule has 1 unspecified atom stereocenters. The summed E-state index contributed by atoms with van der Waals surface area (Å²) >= 11 is 5.43. The van der Waals surface area contributed by atoms with E-state index >= 15 is 0 Å². The van der Waals surface area contributed by atoms with Gasteiger partial charge in [-0.15, -0.1) is 18.2 Å². The largest absolute Gasteiger partial charge is 0.299 e. The van der Waals surface area contributed by atoms with Gasteiger partial charge in [0.2, 0.25) is 0 Å². The molecule has 0 fully saturated rings. The van der Waals surface area contributed by atoms with E-state index in [4.69, 9.17) is 11.6 Å². The normalized spacial score (nSPS) is 12.7. The molecule has 0 radical (unpaired) electrons. The Morgan fingerprint density at radius 2 is 2.44 bits per heavy atom. The Bertz CT molecular complexity index is 109. The highest BCUT2D eigenvalue weighted by molar-refractivity contribution is 6.19. The lowest BCUT2D eigenvalue weighted by atomic mass is 10.1. The molecule has 0 heterocycles. The highest BCUT2D eigenvalue weighted by Gasteiger charge is 2.07. The number of halogens is 1. The van der Waals surface area contributed by atoms with Gasteiger partial charge in [-0.3, -0.25) is 4.79 Å². The fourth-order valence-electron chi connectivity index (χ4n) is 0.429. The van der Waals surface area contributed by atoms with Crippen molar-refractivity contribution in [2.24, 2.45) is 5.92 Å². The summed E-state index contributed by atoms with van der Waals surface area (Å²) in [6, 6.07) is 0. The van der Waals surface area contributed by atoms with Crippen molar-refractivity contribution in [3.8, 4) is 0 Å². The predicted octanol–water partition coefficient (Wildman–Crippen LogP) is 2.01. The predicted molar refractivity (Wildman–Crippen MR) is 39.7 cm³/mol. The van der Waals surface area contributed by atoms with Crippen molar-refractivity contribution in [2.45, 2.75) is 13.3 Å². The van der Waals surface area contributed by atoms with E-state index in [0.29, 0.717) is 12.3 Å².